The molecule has 4 nitrogen and oxygen atoms in total. The Kier molecular flexibility index (Phi) is 6.07. The maximum absolute atomic E-state index is 12.7. The summed E-state index contributed by atoms with van der Waals surface area (Å²) in [6.07, 6.45) is 7.29. The molecule has 0 saturated heterocycles. The van der Waals surface area contributed by atoms with Gasteiger partial charge < -0.3 is 10.1 Å². The molecule has 1 heterocycles. The molecular weight excluding hydrogens is 350 g/mol. The number of ketones is 1. The fourth-order valence-corrected chi connectivity index (χ4v) is 4.03. The molecule has 0 bridgehead atoms. The minimum absolute atomic E-state index is 0.0445. The van der Waals surface area contributed by atoms with E-state index in [-0.39, 0.29) is 18.4 Å². The number of hydrogen-bond donors (Lipinski definition) is 1. The van der Waals surface area contributed by atoms with E-state index in [0.717, 1.165) is 30.5 Å². The zero-order chi connectivity index (χ0) is 20.3. The lowest BCUT2D eigenvalue weighted by Gasteiger charge is -2.33. The van der Waals surface area contributed by atoms with Gasteiger partial charge >= 0.3 is 5.97 Å². The van der Waals surface area contributed by atoms with Gasteiger partial charge in [-0.3, -0.25) is 9.59 Å². The molecule has 0 amide bonds. The minimum Gasteiger partial charge on any atom is -0.460 e. The molecule has 1 aliphatic heterocycles. The highest BCUT2D eigenvalue weighted by Gasteiger charge is 2.38. The van der Waals surface area contributed by atoms with Crippen LogP contribution >= 0.6 is 0 Å². The van der Waals surface area contributed by atoms with Gasteiger partial charge in [-0.05, 0) is 54.7 Å². The van der Waals surface area contributed by atoms with Crippen molar-refractivity contribution in [2.45, 2.75) is 59.6 Å². The van der Waals surface area contributed by atoms with Gasteiger partial charge in [-0.1, -0.05) is 57.2 Å². The number of esters is 1. The molecule has 2 aliphatic rings. The van der Waals surface area contributed by atoms with Crippen LogP contribution in [0.5, 0.6) is 0 Å². The van der Waals surface area contributed by atoms with Crippen LogP contribution in [0.25, 0.3) is 0 Å². The van der Waals surface area contributed by atoms with Crippen molar-refractivity contribution < 1.29 is 14.3 Å². The van der Waals surface area contributed by atoms with Crippen LogP contribution in [0.3, 0.4) is 0 Å². The maximum Gasteiger partial charge on any atom is 0.315 e. The predicted octanol–water partition coefficient (Wildman–Crippen LogP) is 4.56. The number of rotatable bonds is 5. The molecule has 3 rings (SSSR count). The van der Waals surface area contributed by atoms with E-state index in [1.165, 1.54) is 12.5 Å². The molecule has 3 unspecified atom stereocenters. The summed E-state index contributed by atoms with van der Waals surface area (Å²) in [7, 11) is 0. The first-order valence-corrected chi connectivity index (χ1v) is 10.1. The van der Waals surface area contributed by atoms with E-state index in [0.29, 0.717) is 11.3 Å². The zero-order valence-electron chi connectivity index (χ0n) is 17.3. The molecule has 150 valence electrons. The van der Waals surface area contributed by atoms with Gasteiger partial charge in [0.05, 0.1) is 0 Å². The summed E-state index contributed by atoms with van der Waals surface area (Å²) in [5, 5.41) is 3.29. The lowest BCUT2D eigenvalue weighted by molar-refractivity contribution is -0.150. The van der Waals surface area contributed by atoms with Gasteiger partial charge in [0.25, 0.3) is 0 Å². The van der Waals surface area contributed by atoms with Gasteiger partial charge in [0, 0.05) is 5.70 Å². The third kappa shape index (κ3) is 4.73. The van der Waals surface area contributed by atoms with Crippen LogP contribution in [0.15, 0.2) is 53.8 Å². The molecular formula is C24H31NO3. The maximum atomic E-state index is 12.7. The van der Waals surface area contributed by atoms with Crippen molar-refractivity contribution in [1.29, 1.82) is 0 Å². The van der Waals surface area contributed by atoms with Crippen LogP contribution in [-0.2, 0) is 20.9 Å². The second-order valence-corrected chi connectivity index (χ2v) is 9.00. The molecule has 1 aliphatic carbocycles. The Morgan fingerprint density at radius 3 is 2.46 bits per heavy atom. The summed E-state index contributed by atoms with van der Waals surface area (Å²) in [6, 6.07) is 9.05. The van der Waals surface area contributed by atoms with E-state index in [4.69, 9.17) is 4.74 Å². The Hall–Kier alpha value is -2.36. The average molecular weight is 382 g/mol. The topological polar surface area (TPSA) is 55.4 Å². The number of carbonyl (C=O) groups excluding carboxylic acids is 2. The number of benzene rings is 1. The minimum atomic E-state index is -0.572. The summed E-state index contributed by atoms with van der Waals surface area (Å²) in [6.45, 7) is 8.60. The highest BCUT2D eigenvalue weighted by Crippen LogP contribution is 2.39. The van der Waals surface area contributed by atoms with E-state index in [1.807, 2.05) is 36.4 Å². The van der Waals surface area contributed by atoms with Gasteiger partial charge in [0.15, 0.2) is 5.78 Å². The van der Waals surface area contributed by atoms with Crippen LogP contribution in [-0.4, -0.2) is 17.8 Å². The Bertz CT molecular complexity index is 786. The first-order valence-electron chi connectivity index (χ1n) is 10.1. The standard InChI is InChI=1S/C24H31NO3/c1-16(26)22-20(23(27)28-15-17-8-6-5-7-9-17)14-21(25-22)18-10-12-19(13-11-18)24(2,3)4/h5-10,14,19-20,22,25H,11-13,15H2,1-4H3. The van der Waals surface area contributed by atoms with Crippen LogP contribution in [0.1, 0.15) is 52.5 Å². The van der Waals surface area contributed by atoms with Gasteiger partial charge in [-0.15, -0.1) is 0 Å². The first kappa shape index (κ1) is 20.4. The number of carbonyl (C=O) groups is 2. The monoisotopic (exact) mass is 381 g/mol. The van der Waals surface area contributed by atoms with Crippen LogP contribution in [0.4, 0.5) is 0 Å². The number of allylic oxidation sites excluding steroid dienone is 2. The Morgan fingerprint density at radius 1 is 1.18 bits per heavy atom. The van der Waals surface area contributed by atoms with Gasteiger partial charge in [0.1, 0.15) is 18.6 Å². The number of hydrogen-bond acceptors (Lipinski definition) is 4. The van der Waals surface area contributed by atoms with E-state index in [2.05, 4.69) is 32.2 Å². The number of Topliss-reactive ketones (excluding diaryl/α,β-unsaturated/α-hetero) is 1. The van der Waals surface area contributed by atoms with Crippen molar-refractivity contribution in [1.82, 2.24) is 5.32 Å². The van der Waals surface area contributed by atoms with E-state index in [1.54, 1.807) is 0 Å². The Morgan fingerprint density at radius 2 is 1.89 bits per heavy atom. The van der Waals surface area contributed by atoms with E-state index in [9.17, 15) is 9.59 Å². The van der Waals surface area contributed by atoms with Crippen molar-refractivity contribution in [3.8, 4) is 0 Å². The fraction of sp³-hybridized carbons (Fsp3) is 0.500. The van der Waals surface area contributed by atoms with Crippen molar-refractivity contribution in [3.63, 3.8) is 0 Å². The van der Waals surface area contributed by atoms with Gasteiger partial charge in [-0.2, -0.15) is 0 Å². The van der Waals surface area contributed by atoms with E-state index < -0.39 is 12.0 Å². The zero-order valence-corrected chi connectivity index (χ0v) is 17.3. The smallest absolute Gasteiger partial charge is 0.315 e. The second kappa shape index (κ2) is 8.34. The molecule has 1 N–H and O–H groups in total. The van der Waals surface area contributed by atoms with Crippen molar-refractivity contribution >= 4 is 11.8 Å². The van der Waals surface area contributed by atoms with Crippen LogP contribution < -0.4 is 5.32 Å². The lowest BCUT2D eigenvalue weighted by Crippen LogP contribution is -2.39. The Balaban J connectivity index is 1.69. The molecule has 0 spiro atoms. The van der Waals surface area contributed by atoms with Gasteiger partial charge in [-0.25, -0.2) is 0 Å². The lowest BCUT2D eigenvalue weighted by atomic mass is 9.73. The number of ether oxygens (including phenoxy) is 1. The van der Waals surface area contributed by atoms with Crippen molar-refractivity contribution in [2.24, 2.45) is 17.3 Å². The van der Waals surface area contributed by atoms with Crippen LogP contribution in [0, 0.1) is 17.3 Å². The summed E-state index contributed by atoms with van der Waals surface area (Å²) >= 11 is 0. The molecule has 0 radical (unpaired) electrons. The summed E-state index contributed by atoms with van der Waals surface area (Å²) < 4.78 is 5.49. The summed E-state index contributed by atoms with van der Waals surface area (Å²) in [5.41, 5.74) is 3.37. The molecule has 0 aromatic heterocycles. The summed E-state index contributed by atoms with van der Waals surface area (Å²) in [5.74, 6) is -0.307. The van der Waals surface area contributed by atoms with Crippen molar-refractivity contribution in [2.75, 3.05) is 0 Å². The second-order valence-electron chi connectivity index (χ2n) is 9.00. The third-order valence-electron chi connectivity index (χ3n) is 5.93. The van der Waals surface area contributed by atoms with Crippen LogP contribution in [0.2, 0.25) is 0 Å². The molecule has 28 heavy (non-hydrogen) atoms. The molecule has 1 aromatic carbocycles. The highest BCUT2D eigenvalue weighted by molar-refractivity contribution is 5.90. The molecule has 1 aromatic rings. The first-order chi connectivity index (χ1) is 13.3. The average Bonchev–Trinajstić information content (AvgIpc) is 3.12. The van der Waals surface area contributed by atoms with Crippen molar-refractivity contribution in [3.05, 3.63) is 59.3 Å². The third-order valence-corrected chi connectivity index (χ3v) is 5.93. The molecule has 4 heteroatoms. The quantitative estimate of drug-likeness (QED) is 0.760. The van der Waals surface area contributed by atoms with Gasteiger partial charge in [0.2, 0.25) is 0 Å². The number of nitrogens with one attached hydrogen (secondary N) is 1. The Labute approximate surface area is 168 Å². The predicted molar refractivity (Wildman–Crippen MR) is 110 cm³/mol. The molecule has 3 atom stereocenters. The SMILES string of the molecule is CC(=O)C1NC(C2=CCC(C(C)(C)C)CC2)=CC1C(=O)OCc1ccccc1. The molecule has 0 saturated carbocycles. The normalized spacial score (nSPS) is 24.8. The highest BCUT2D eigenvalue weighted by atomic mass is 16.5. The summed E-state index contributed by atoms with van der Waals surface area (Å²) in [4.78, 5) is 24.8. The largest absolute Gasteiger partial charge is 0.460 e. The van der Waals surface area contributed by atoms with E-state index >= 15 is 0 Å². The fourth-order valence-electron chi connectivity index (χ4n) is 4.03. The molecule has 0 fully saturated rings.